The number of aromatic nitrogens is 2. The molecule has 0 radical (unpaired) electrons. The van der Waals surface area contributed by atoms with E-state index in [1.54, 1.807) is 23.7 Å². The maximum atomic E-state index is 13.0. The molecule has 1 amide bonds. The number of benzene rings is 1. The number of carbonyl (C=O) groups is 2. The van der Waals surface area contributed by atoms with Gasteiger partial charge in [0.1, 0.15) is 5.56 Å². The second-order valence-electron chi connectivity index (χ2n) is 7.33. The van der Waals surface area contributed by atoms with Gasteiger partial charge in [0, 0.05) is 30.7 Å². The first-order valence-corrected chi connectivity index (χ1v) is 9.31. The summed E-state index contributed by atoms with van der Waals surface area (Å²) in [6, 6.07) is 7.55. The van der Waals surface area contributed by atoms with E-state index in [-0.39, 0.29) is 11.5 Å². The first-order valence-electron chi connectivity index (χ1n) is 9.31. The van der Waals surface area contributed by atoms with Crippen LogP contribution in [0.15, 0.2) is 30.5 Å². The van der Waals surface area contributed by atoms with Crippen LogP contribution in [0.2, 0.25) is 0 Å². The van der Waals surface area contributed by atoms with Crippen LogP contribution in [-0.4, -0.2) is 57.5 Å². The van der Waals surface area contributed by atoms with Crippen LogP contribution in [0.3, 0.4) is 0 Å². The molecule has 1 N–H and O–H groups in total. The van der Waals surface area contributed by atoms with Crippen LogP contribution >= 0.6 is 0 Å². The Morgan fingerprint density at radius 3 is 2.56 bits per heavy atom. The van der Waals surface area contributed by atoms with Gasteiger partial charge in [0.25, 0.3) is 5.91 Å². The van der Waals surface area contributed by atoms with Crippen molar-refractivity contribution >= 4 is 11.9 Å². The number of rotatable bonds is 6. The van der Waals surface area contributed by atoms with Crippen molar-refractivity contribution in [1.82, 2.24) is 14.7 Å². The highest BCUT2D eigenvalue weighted by atomic mass is 16.5. The molecule has 0 bridgehead atoms. The molecule has 27 heavy (non-hydrogen) atoms. The molecule has 1 saturated carbocycles. The minimum atomic E-state index is -0.999. The summed E-state index contributed by atoms with van der Waals surface area (Å²) < 4.78 is 7.02. The number of carboxylic acid groups (broad SMARTS) is 1. The van der Waals surface area contributed by atoms with Crippen LogP contribution in [0.25, 0.3) is 5.69 Å². The summed E-state index contributed by atoms with van der Waals surface area (Å²) in [5.41, 5.74) is 2.11. The number of carboxylic acids is 1. The van der Waals surface area contributed by atoms with Gasteiger partial charge in [0.05, 0.1) is 24.2 Å². The fourth-order valence-electron chi connectivity index (χ4n) is 3.58. The fraction of sp³-hybridized carbons (Fsp3) is 0.450. The molecule has 142 valence electrons. The topological polar surface area (TPSA) is 84.7 Å². The Balaban J connectivity index is 1.52. The van der Waals surface area contributed by atoms with Crippen LogP contribution in [0.4, 0.5) is 0 Å². The summed E-state index contributed by atoms with van der Waals surface area (Å²) in [6.45, 7) is 3.99. The molecule has 0 spiro atoms. The molecule has 7 heteroatoms. The van der Waals surface area contributed by atoms with Gasteiger partial charge in [-0.25, -0.2) is 9.48 Å². The van der Waals surface area contributed by atoms with Crippen LogP contribution in [-0.2, 0) is 4.74 Å². The lowest BCUT2D eigenvalue weighted by molar-refractivity contribution is 0.0690. The lowest BCUT2D eigenvalue weighted by atomic mass is 10.1. The second kappa shape index (κ2) is 7.15. The summed E-state index contributed by atoms with van der Waals surface area (Å²) in [7, 11) is 0. The van der Waals surface area contributed by atoms with Gasteiger partial charge in [-0.1, -0.05) is 0 Å². The van der Waals surface area contributed by atoms with Crippen molar-refractivity contribution in [1.29, 1.82) is 0 Å². The fourth-order valence-corrected chi connectivity index (χ4v) is 3.58. The van der Waals surface area contributed by atoms with Gasteiger partial charge in [-0.05, 0) is 50.5 Å². The molecule has 1 aliphatic heterocycles. The number of hydrogen-bond donors (Lipinski definition) is 1. The predicted molar refractivity (Wildman–Crippen MR) is 98.2 cm³/mol. The van der Waals surface area contributed by atoms with Gasteiger partial charge >= 0.3 is 5.97 Å². The molecule has 1 aliphatic carbocycles. The van der Waals surface area contributed by atoms with Crippen molar-refractivity contribution in [3.8, 4) is 5.69 Å². The Kier molecular flexibility index (Phi) is 4.70. The molecule has 4 rings (SSSR count). The molecule has 1 atom stereocenters. The van der Waals surface area contributed by atoms with Crippen LogP contribution in [0.5, 0.6) is 0 Å². The third-order valence-electron chi connectivity index (χ3n) is 5.33. The monoisotopic (exact) mass is 369 g/mol. The van der Waals surface area contributed by atoms with E-state index in [0.29, 0.717) is 23.2 Å². The Hall–Kier alpha value is -2.67. The lowest BCUT2D eigenvalue weighted by Gasteiger charge is -2.25. The highest BCUT2D eigenvalue weighted by Gasteiger charge is 2.35. The van der Waals surface area contributed by atoms with Gasteiger partial charge < -0.3 is 14.7 Å². The highest BCUT2D eigenvalue weighted by Crippen LogP contribution is 2.30. The average molecular weight is 369 g/mol. The molecule has 2 aliphatic rings. The number of aromatic carboxylic acids is 1. The Morgan fingerprint density at radius 1 is 1.26 bits per heavy atom. The van der Waals surface area contributed by atoms with Crippen LogP contribution in [0.1, 0.15) is 45.7 Å². The number of hydrogen-bond acceptors (Lipinski definition) is 4. The van der Waals surface area contributed by atoms with Crippen molar-refractivity contribution in [2.45, 2.75) is 32.2 Å². The smallest absolute Gasteiger partial charge is 0.339 e. The molecule has 2 fully saturated rings. The Bertz CT molecular complexity index is 849. The number of carbonyl (C=O) groups excluding carboxylic acids is 1. The standard InChI is InChI=1S/C20H23N3O4/c1-13-18(20(25)26)10-21-23(13)17-4-2-15(3-5-17)19(24)22(16-6-7-16)11-14-8-9-27-12-14/h2-5,10,14,16H,6-9,11-12H2,1H3,(H,25,26)/t14-/m0/s1. The molecule has 0 unspecified atom stereocenters. The van der Waals surface area contributed by atoms with E-state index in [4.69, 9.17) is 9.84 Å². The predicted octanol–water partition coefficient (Wildman–Crippen LogP) is 2.52. The molecule has 1 aromatic carbocycles. The summed E-state index contributed by atoms with van der Waals surface area (Å²) in [5, 5.41) is 13.3. The zero-order valence-corrected chi connectivity index (χ0v) is 15.3. The lowest BCUT2D eigenvalue weighted by Crippen LogP contribution is -2.37. The minimum Gasteiger partial charge on any atom is -0.478 e. The number of amides is 1. The van der Waals surface area contributed by atoms with E-state index in [0.717, 1.165) is 44.7 Å². The number of nitrogens with zero attached hydrogens (tertiary/aromatic N) is 3. The second-order valence-corrected chi connectivity index (χ2v) is 7.33. The van der Waals surface area contributed by atoms with Crippen molar-refractivity contribution < 1.29 is 19.4 Å². The van der Waals surface area contributed by atoms with Crippen molar-refractivity contribution in [3.05, 3.63) is 47.3 Å². The first kappa shape index (κ1) is 17.7. The zero-order chi connectivity index (χ0) is 19.0. The largest absolute Gasteiger partial charge is 0.478 e. The van der Waals surface area contributed by atoms with Crippen LogP contribution in [0, 0.1) is 12.8 Å². The SMILES string of the molecule is Cc1c(C(=O)O)cnn1-c1ccc(C(=O)N(C[C@@H]2CCOC2)C2CC2)cc1. The third-order valence-corrected chi connectivity index (χ3v) is 5.33. The summed E-state index contributed by atoms with van der Waals surface area (Å²) in [6.07, 6.45) is 4.50. The van der Waals surface area contributed by atoms with E-state index >= 15 is 0 Å². The normalized spacial score (nSPS) is 19.2. The number of ether oxygens (including phenoxy) is 1. The van der Waals surface area contributed by atoms with E-state index in [1.165, 1.54) is 6.20 Å². The maximum Gasteiger partial charge on any atom is 0.339 e. The van der Waals surface area contributed by atoms with Gasteiger partial charge in [-0.3, -0.25) is 4.79 Å². The van der Waals surface area contributed by atoms with Gasteiger partial charge in [-0.2, -0.15) is 5.10 Å². The molecule has 1 saturated heterocycles. The van der Waals surface area contributed by atoms with E-state index in [9.17, 15) is 9.59 Å². The van der Waals surface area contributed by atoms with E-state index in [1.807, 2.05) is 17.0 Å². The quantitative estimate of drug-likeness (QED) is 0.846. The maximum absolute atomic E-state index is 13.0. The molecule has 7 nitrogen and oxygen atoms in total. The van der Waals surface area contributed by atoms with Crippen LogP contribution < -0.4 is 0 Å². The van der Waals surface area contributed by atoms with E-state index in [2.05, 4.69) is 5.10 Å². The molecular weight excluding hydrogens is 346 g/mol. The van der Waals surface area contributed by atoms with Crippen molar-refractivity contribution in [2.75, 3.05) is 19.8 Å². The third kappa shape index (κ3) is 3.60. The van der Waals surface area contributed by atoms with Gasteiger partial charge in [-0.15, -0.1) is 0 Å². The molecule has 1 aromatic heterocycles. The van der Waals surface area contributed by atoms with Crippen molar-refractivity contribution in [3.63, 3.8) is 0 Å². The van der Waals surface area contributed by atoms with E-state index < -0.39 is 5.97 Å². The summed E-state index contributed by atoms with van der Waals surface area (Å²) in [4.78, 5) is 26.2. The summed E-state index contributed by atoms with van der Waals surface area (Å²) in [5.74, 6) is -0.518. The highest BCUT2D eigenvalue weighted by molar-refractivity contribution is 5.95. The first-order chi connectivity index (χ1) is 13.0. The van der Waals surface area contributed by atoms with Crippen molar-refractivity contribution in [2.24, 2.45) is 5.92 Å². The Labute approximate surface area is 157 Å². The van der Waals surface area contributed by atoms with Gasteiger partial charge in [0.15, 0.2) is 0 Å². The molecule has 2 heterocycles. The summed E-state index contributed by atoms with van der Waals surface area (Å²) >= 11 is 0. The minimum absolute atomic E-state index is 0.0550. The average Bonchev–Trinajstić information content (AvgIpc) is 3.22. The molecule has 2 aromatic rings. The zero-order valence-electron chi connectivity index (χ0n) is 15.3. The van der Waals surface area contributed by atoms with Gasteiger partial charge in [0.2, 0.25) is 0 Å². The Morgan fingerprint density at radius 2 is 2.00 bits per heavy atom. The molecular formula is C20H23N3O4.